The van der Waals surface area contributed by atoms with E-state index in [1.165, 1.54) is 154 Å². The van der Waals surface area contributed by atoms with Crippen LogP contribution in [0.5, 0.6) is 0 Å². The monoisotopic (exact) mass is 2100 g/mol. The Hall–Kier alpha value is -2.54. The van der Waals surface area contributed by atoms with Gasteiger partial charge in [-0.1, -0.05) is 271 Å². The van der Waals surface area contributed by atoms with Crippen molar-refractivity contribution in [1.82, 2.24) is 21.3 Å². The number of unbranched alkanes of at least 4 members (excludes halogenated alkanes) is 39. The minimum Gasteiger partial charge on any atom is -0.544 e. The summed E-state index contributed by atoms with van der Waals surface area (Å²) in [6, 6.07) is -7.19. The molecule has 0 aliphatic carbocycles. The van der Waals surface area contributed by atoms with Gasteiger partial charge in [-0.3, -0.25) is 24.0 Å². The van der Waals surface area contributed by atoms with E-state index in [1.807, 2.05) is 6.08 Å². The summed E-state index contributed by atoms with van der Waals surface area (Å²) in [5.41, 5.74) is 0. The number of carbonyl (C=O) groups is 8. The Morgan fingerprint density at radius 3 is 1.10 bits per heavy atom. The molecular weight excluding hydrogens is 1920 g/mol. The Morgan fingerprint density at radius 1 is 0.403 bits per heavy atom. The van der Waals surface area contributed by atoms with Gasteiger partial charge in [-0.2, -0.15) is 0 Å². The Labute approximate surface area is 915 Å². The molecule has 20 N–H and O–H groups in total. The van der Waals surface area contributed by atoms with Gasteiger partial charge >= 0.3 is 94.6 Å². The molecule has 5 rings (SSSR count). The summed E-state index contributed by atoms with van der Waals surface area (Å²) in [6.45, 7) is 1.88. The van der Waals surface area contributed by atoms with Gasteiger partial charge in [0.15, 0.2) is 12.6 Å². The van der Waals surface area contributed by atoms with E-state index < -0.39 is 289 Å². The van der Waals surface area contributed by atoms with Crippen molar-refractivity contribution in [2.24, 2.45) is 0 Å². The molecule has 5 aliphatic rings. The number of carboxylic acid groups (broad SMARTS) is 3. The number of nitrogens with one attached hydrogen (secondary N) is 4. The molecule has 4 amide bonds. The van der Waals surface area contributed by atoms with Crippen LogP contribution < -0.4 is 125 Å². The van der Waals surface area contributed by atoms with Gasteiger partial charge in [0, 0.05) is 52.9 Å². The molecule has 0 aromatic carbocycles. The van der Waals surface area contributed by atoms with Gasteiger partial charge in [-0.25, -0.2) is 0 Å². The first-order chi connectivity index (χ1) is 67.4. The average molecular weight is 2100 g/mol. The minimum absolute atomic E-state index is 0. The van der Waals surface area contributed by atoms with Crippen molar-refractivity contribution in [2.75, 3.05) is 39.6 Å². The van der Waals surface area contributed by atoms with Crippen LogP contribution in [0.3, 0.4) is 0 Å². The van der Waals surface area contributed by atoms with Crippen LogP contribution in [0.2, 0.25) is 0 Å². The predicted molar refractivity (Wildman–Crippen MR) is 500 cm³/mol. The standard InChI is InChI=1S/C99H176N4O38.3Na/c1-7-10-13-16-19-22-25-28-30-33-36-39-42-45-48-51-75(116)103-65(70(50-47-44-41-38-35-32-27-24-21-18-15-12-9-3)132-76(117)52-49-46-43-40-37-34-31-29-26-23-20-17-14-11-8-2)61-131-92-85(123)84(122)87(74(60-108)134-92)135-93-86(124)91(81(119)71(57-105)133-93)141-99(96(129)130)55-68(114)79(102-64(6)111)90(140-99)83(121)73(59-107)137-98(95(127)128)54-67(113)78(101-63(5)110)89(139-98)82(120)72(58-106)136-97(94(125)126)53-66(112)77(100-62(4)109)88(138-97)80(118)69(115)56-104;;;/h47,50,65-74,77-93,104-108,112-115,118-124H,7-46,48-49,51-61H2,1-6H3,(H,100,109)(H,101,110)(H,102,111)(H,103,116)(H,125,126)(H,127,128)(H,129,130);;;/q;3*+1/p-3/b50-47+;;;/t65?,66-,67-,68-,69-,70?,71-,72-,73-,74-,77+,78+,79+,80+,81+,82+,83+,84-,85-,86-,87-,88?,89?,90?,91+,92-,93+,97+,98+,99-;;;/m1.../s1. The molecule has 5 fully saturated rings. The van der Waals surface area contributed by atoms with E-state index in [9.17, 15) is 135 Å². The SMILES string of the molecule is CCCCCCCCCCCCC/C=C/C(OC(=O)CCCCCCCCCCCCCCCCC)C(CO[C@@H]1O[C@H](CO)[C@@H](O[C@@H]2O[C@H](CO)[C@H](O)[C@H](O[C@@]3(C(=O)[O-])C[C@@H](O)[C@H](NC(C)=O)C([C@@H](O)[C@@H](CO)O[C@@]4(C(=O)[O-])C[C@@H](O)[C@H](NC(C)=O)C([C@@H](O)[C@@H](CO)O[C@@]5(C(=O)[O-])C[C@@H](O)[C@H](NC(C)=O)C([C@@H](O)[C@H](O)CO)O5)O4)O3)[C@H]2O)[C@H](O)[C@H]1O)NC(=O)CCCCCCCCCCCCCCCCC.[Na+].[Na+].[Na+]. The summed E-state index contributed by atoms with van der Waals surface area (Å²) >= 11 is 0. The molecule has 0 bridgehead atoms. The predicted octanol–water partition coefficient (Wildman–Crippen LogP) is -8.67. The molecular formula is C99H173N4Na3O38. The van der Waals surface area contributed by atoms with Gasteiger partial charge in [0.25, 0.3) is 0 Å². The maximum atomic E-state index is 14.2. The van der Waals surface area contributed by atoms with Crippen molar-refractivity contribution in [1.29, 1.82) is 0 Å². The van der Waals surface area contributed by atoms with E-state index >= 15 is 0 Å². The first-order valence-electron chi connectivity index (χ1n) is 52.2. The Morgan fingerprint density at radius 2 is 0.743 bits per heavy atom. The molecule has 5 aliphatic heterocycles. The average Bonchev–Trinajstić information content (AvgIpc) is 0.746. The number of ether oxygens (including phenoxy) is 11. The Bertz CT molecular complexity index is 3550. The first kappa shape index (κ1) is 138. The number of hydrogen-bond acceptors (Lipinski definition) is 38. The molecule has 30 atom stereocenters. The molecule has 5 saturated heterocycles. The second-order valence-corrected chi connectivity index (χ2v) is 39.0. The number of carboxylic acids is 3. The molecule has 820 valence electrons. The van der Waals surface area contributed by atoms with Crippen LogP contribution in [0.1, 0.15) is 343 Å². The van der Waals surface area contributed by atoms with Gasteiger partial charge in [0.2, 0.25) is 41.0 Å². The largest absolute Gasteiger partial charge is 1.00 e. The van der Waals surface area contributed by atoms with Crippen LogP contribution in [0.15, 0.2) is 12.2 Å². The van der Waals surface area contributed by atoms with Crippen LogP contribution in [0, 0.1) is 0 Å². The van der Waals surface area contributed by atoms with Crippen LogP contribution in [-0.2, 0) is 90.5 Å². The molecule has 0 aromatic rings. The number of rotatable bonds is 76. The number of allylic oxidation sites excluding steroid dienone is 1. The Kier molecular flexibility index (Phi) is 71.9. The van der Waals surface area contributed by atoms with Crippen LogP contribution in [0.4, 0.5) is 0 Å². The molecule has 144 heavy (non-hydrogen) atoms. The van der Waals surface area contributed by atoms with E-state index in [0.717, 1.165) is 117 Å². The molecule has 0 radical (unpaired) electrons. The molecule has 5 unspecified atom stereocenters. The van der Waals surface area contributed by atoms with Crippen LogP contribution in [0.25, 0.3) is 0 Å². The maximum absolute atomic E-state index is 14.2. The van der Waals surface area contributed by atoms with E-state index in [0.29, 0.717) is 19.3 Å². The molecule has 45 heteroatoms. The molecule has 0 saturated carbocycles. The van der Waals surface area contributed by atoms with Crippen LogP contribution in [-0.4, -0.2) is 351 Å². The summed E-state index contributed by atoms with van der Waals surface area (Å²) in [5, 5.41) is 233. The van der Waals surface area contributed by atoms with Crippen molar-refractivity contribution in [3.8, 4) is 0 Å². The van der Waals surface area contributed by atoms with Crippen LogP contribution >= 0.6 is 0 Å². The normalized spacial score (nSPS) is 29.3. The van der Waals surface area contributed by atoms with Crippen molar-refractivity contribution in [3.63, 3.8) is 0 Å². The van der Waals surface area contributed by atoms with Gasteiger partial charge < -0.3 is 185 Å². The molecule has 0 aromatic heterocycles. The van der Waals surface area contributed by atoms with Gasteiger partial charge in [-0.15, -0.1) is 0 Å². The third-order valence-corrected chi connectivity index (χ3v) is 27.2. The van der Waals surface area contributed by atoms with Crippen molar-refractivity contribution >= 4 is 47.5 Å². The topological polar surface area (TPSA) is 679 Å². The summed E-state index contributed by atoms with van der Waals surface area (Å²) < 4.78 is 64.9. The van der Waals surface area contributed by atoms with E-state index in [-0.39, 0.29) is 102 Å². The van der Waals surface area contributed by atoms with Gasteiger partial charge in [-0.05, 0) is 31.8 Å². The number of aliphatic hydroxyl groups excluding tert-OH is 16. The first-order valence-corrected chi connectivity index (χ1v) is 52.2. The van der Waals surface area contributed by atoms with Gasteiger partial charge in [0.05, 0.1) is 82.1 Å². The fourth-order valence-corrected chi connectivity index (χ4v) is 19.1. The number of carbonyl (C=O) groups excluding carboxylic acids is 8. The number of esters is 1. The maximum Gasteiger partial charge on any atom is 1.00 e. The number of hydrogen-bond donors (Lipinski definition) is 20. The Balaban J connectivity index is 0.0000234. The van der Waals surface area contributed by atoms with Crippen molar-refractivity contribution in [3.05, 3.63) is 12.2 Å². The van der Waals surface area contributed by atoms with E-state index in [2.05, 4.69) is 42.0 Å². The summed E-state index contributed by atoms with van der Waals surface area (Å²) in [6.07, 6.45) is -7.19. The number of amides is 4. The van der Waals surface area contributed by atoms with Gasteiger partial charge in [0.1, 0.15) is 128 Å². The molecule has 42 nitrogen and oxygen atoms in total. The molecule has 5 heterocycles. The smallest absolute Gasteiger partial charge is 0.544 e. The summed E-state index contributed by atoms with van der Waals surface area (Å²) in [4.78, 5) is 107. The quantitative estimate of drug-likeness (QED) is 0.0116. The molecule has 0 spiro atoms. The van der Waals surface area contributed by atoms with E-state index in [1.54, 1.807) is 6.08 Å². The fourth-order valence-electron chi connectivity index (χ4n) is 19.1. The summed E-state index contributed by atoms with van der Waals surface area (Å²) in [5.74, 6) is -22.4. The van der Waals surface area contributed by atoms with Crippen molar-refractivity contribution < 1.29 is 276 Å². The minimum atomic E-state index is -3.72. The second-order valence-electron chi connectivity index (χ2n) is 39.0. The zero-order valence-electron chi connectivity index (χ0n) is 86.9. The third kappa shape index (κ3) is 46.2. The zero-order chi connectivity index (χ0) is 104. The number of aliphatic hydroxyl groups is 16. The number of aliphatic carboxylic acids is 3. The van der Waals surface area contributed by atoms with Crippen molar-refractivity contribution in [2.45, 2.75) is 526 Å². The third-order valence-electron chi connectivity index (χ3n) is 27.2. The fraction of sp³-hybridized carbons (Fsp3) is 0.899. The van der Waals surface area contributed by atoms with E-state index in [4.69, 9.17) is 52.1 Å². The summed E-state index contributed by atoms with van der Waals surface area (Å²) in [7, 11) is 0. The second kappa shape index (κ2) is 75.3. The zero-order valence-corrected chi connectivity index (χ0v) is 92.9.